The molecule has 1 atom stereocenters. The van der Waals surface area contributed by atoms with Crippen LogP contribution in [-0.4, -0.2) is 24.5 Å². The Bertz CT molecular complexity index is 771. The van der Waals surface area contributed by atoms with Gasteiger partial charge in [-0.2, -0.15) is 0 Å². The van der Waals surface area contributed by atoms with E-state index in [9.17, 15) is 9.59 Å². The molecule has 1 aliphatic rings. The van der Waals surface area contributed by atoms with E-state index in [0.29, 0.717) is 22.9 Å². The van der Waals surface area contributed by atoms with Gasteiger partial charge in [-0.25, -0.2) is 0 Å². The maximum atomic E-state index is 12.3. The molecule has 0 saturated heterocycles. The summed E-state index contributed by atoms with van der Waals surface area (Å²) in [6, 6.07) is 14.2. The van der Waals surface area contributed by atoms with E-state index in [1.165, 1.54) is 0 Å². The van der Waals surface area contributed by atoms with E-state index in [1.54, 1.807) is 36.4 Å². The van der Waals surface area contributed by atoms with Crippen LogP contribution in [0.1, 0.15) is 13.8 Å². The van der Waals surface area contributed by atoms with Crippen LogP contribution >= 0.6 is 0 Å². The van der Waals surface area contributed by atoms with Crippen molar-refractivity contribution in [2.75, 3.05) is 17.2 Å². The molecule has 0 spiro atoms. The van der Waals surface area contributed by atoms with E-state index in [4.69, 9.17) is 9.47 Å². The topological polar surface area (TPSA) is 76.7 Å². The number of carbonyl (C=O) groups is 2. The second kappa shape index (κ2) is 7.25. The van der Waals surface area contributed by atoms with E-state index in [1.807, 2.05) is 26.0 Å². The van der Waals surface area contributed by atoms with Gasteiger partial charge in [-0.3, -0.25) is 9.59 Å². The van der Waals surface area contributed by atoms with Crippen LogP contribution < -0.4 is 20.1 Å². The Balaban J connectivity index is 1.59. The number of anilines is 2. The summed E-state index contributed by atoms with van der Waals surface area (Å²) in [5, 5.41) is 5.59. The maximum absolute atomic E-state index is 12.3. The van der Waals surface area contributed by atoms with E-state index in [-0.39, 0.29) is 24.3 Å². The molecule has 0 aliphatic carbocycles. The van der Waals surface area contributed by atoms with Gasteiger partial charge in [-0.1, -0.05) is 26.0 Å². The van der Waals surface area contributed by atoms with Gasteiger partial charge in [0.05, 0.1) is 0 Å². The second-order valence-corrected chi connectivity index (χ2v) is 6.07. The van der Waals surface area contributed by atoms with Gasteiger partial charge in [-0.05, 0) is 36.4 Å². The first-order valence-corrected chi connectivity index (χ1v) is 8.13. The summed E-state index contributed by atoms with van der Waals surface area (Å²) in [5.74, 6) is 0.764. The quantitative estimate of drug-likeness (QED) is 0.897. The monoisotopic (exact) mass is 340 g/mol. The summed E-state index contributed by atoms with van der Waals surface area (Å²) in [4.78, 5) is 24.0. The van der Waals surface area contributed by atoms with Crippen LogP contribution in [0.3, 0.4) is 0 Å². The summed E-state index contributed by atoms with van der Waals surface area (Å²) >= 11 is 0. The first kappa shape index (κ1) is 16.8. The molecule has 1 heterocycles. The van der Waals surface area contributed by atoms with Crippen molar-refractivity contribution in [2.24, 2.45) is 5.92 Å². The Kier molecular flexibility index (Phi) is 4.88. The molecule has 2 amide bonds. The van der Waals surface area contributed by atoms with Crippen LogP contribution in [-0.2, 0) is 9.59 Å². The number of benzene rings is 2. The van der Waals surface area contributed by atoms with Crippen LogP contribution in [0, 0.1) is 5.92 Å². The number of rotatable bonds is 4. The predicted octanol–water partition coefficient (Wildman–Crippen LogP) is 3.06. The number of amides is 2. The average molecular weight is 340 g/mol. The van der Waals surface area contributed by atoms with Crippen LogP contribution in [0.15, 0.2) is 48.5 Å². The highest BCUT2D eigenvalue weighted by Gasteiger charge is 2.27. The zero-order chi connectivity index (χ0) is 17.8. The summed E-state index contributed by atoms with van der Waals surface area (Å²) in [5.41, 5.74) is 1.30. The summed E-state index contributed by atoms with van der Waals surface area (Å²) in [6.07, 6.45) is -0.713. The molecule has 0 fully saturated rings. The minimum Gasteiger partial charge on any atom is -0.485 e. The predicted molar refractivity (Wildman–Crippen MR) is 94.9 cm³/mol. The van der Waals surface area contributed by atoms with Gasteiger partial charge < -0.3 is 20.1 Å². The lowest BCUT2D eigenvalue weighted by Gasteiger charge is -2.25. The van der Waals surface area contributed by atoms with Gasteiger partial charge in [-0.15, -0.1) is 0 Å². The van der Waals surface area contributed by atoms with Crippen LogP contribution in [0.2, 0.25) is 0 Å². The molecule has 0 bridgehead atoms. The molecular formula is C19H20N2O4. The molecule has 6 nitrogen and oxygen atoms in total. The van der Waals surface area contributed by atoms with Crippen molar-refractivity contribution in [3.63, 3.8) is 0 Å². The number of hydrogen-bond acceptors (Lipinski definition) is 4. The lowest BCUT2D eigenvalue weighted by Crippen LogP contribution is -2.40. The first-order chi connectivity index (χ1) is 12.0. The minimum atomic E-state index is -0.713. The fraction of sp³-hybridized carbons (Fsp3) is 0.263. The summed E-state index contributed by atoms with van der Waals surface area (Å²) in [7, 11) is 0. The maximum Gasteiger partial charge on any atom is 0.269 e. The number of carbonyl (C=O) groups excluding carboxylic acids is 2. The van der Waals surface area contributed by atoms with Crippen molar-refractivity contribution in [3.05, 3.63) is 48.5 Å². The Morgan fingerprint density at radius 1 is 0.960 bits per heavy atom. The van der Waals surface area contributed by atoms with Crippen LogP contribution in [0.5, 0.6) is 11.5 Å². The zero-order valence-electron chi connectivity index (χ0n) is 14.1. The van der Waals surface area contributed by atoms with Crippen LogP contribution in [0.25, 0.3) is 0 Å². The highest BCUT2D eigenvalue weighted by atomic mass is 16.6. The van der Waals surface area contributed by atoms with E-state index in [2.05, 4.69) is 10.6 Å². The highest BCUT2D eigenvalue weighted by molar-refractivity contribution is 5.95. The van der Waals surface area contributed by atoms with Crippen molar-refractivity contribution in [2.45, 2.75) is 20.0 Å². The molecule has 0 saturated carbocycles. The van der Waals surface area contributed by atoms with Gasteiger partial charge in [0.1, 0.15) is 6.61 Å². The lowest BCUT2D eigenvalue weighted by molar-refractivity contribution is -0.125. The van der Waals surface area contributed by atoms with Crippen molar-refractivity contribution in [1.82, 2.24) is 0 Å². The highest BCUT2D eigenvalue weighted by Crippen LogP contribution is 2.31. The van der Waals surface area contributed by atoms with Gasteiger partial charge in [0.25, 0.3) is 5.91 Å². The second-order valence-electron chi connectivity index (χ2n) is 6.07. The van der Waals surface area contributed by atoms with Crippen molar-refractivity contribution in [3.8, 4) is 11.5 Å². The molecule has 0 aromatic heterocycles. The largest absolute Gasteiger partial charge is 0.485 e. The Labute approximate surface area is 146 Å². The SMILES string of the molecule is CC(C)C(=O)Nc1ccc(NC(=O)C2COc3ccccc3O2)cc1. The molecule has 3 rings (SSSR count). The molecule has 1 aliphatic heterocycles. The molecule has 2 aromatic carbocycles. The molecule has 6 heteroatoms. The van der Waals surface area contributed by atoms with Crippen LogP contribution in [0.4, 0.5) is 11.4 Å². The average Bonchev–Trinajstić information content (AvgIpc) is 2.62. The minimum absolute atomic E-state index is 0.0526. The van der Waals surface area contributed by atoms with Crippen molar-refractivity contribution < 1.29 is 19.1 Å². The molecule has 25 heavy (non-hydrogen) atoms. The third-order valence-electron chi connectivity index (χ3n) is 3.75. The molecule has 2 aromatic rings. The first-order valence-electron chi connectivity index (χ1n) is 8.13. The zero-order valence-corrected chi connectivity index (χ0v) is 14.1. The Hall–Kier alpha value is -3.02. The van der Waals surface area contributed by atoms with E-state index < -0.39 is 6.10 Å². The molecule has 0 radical (unpaired) electrons. The summed E-state index contributed by atoms with van der Waals surface area (Å²) < 4.78 is 11.2. The fourth-order valence-corrected chi connectivity index (χ4v) is 2.29. The van der Waals surface area contributed by atoms with Gasteiger partial charge in [0, 0.05) is 17.3 Å². The Morgan fingerprint density at radius 2 is 1.56 bits per heavy atom. The smallest absolute Gasteiger partial charge is 0.269 e. The standard InChI is InChI=1S/C19H20N2O4/c1-12(2)18(22)20-13-7-9-14(10-8-13)21-19(23)17-11-24-15-5-3-4-6-16(15)25-17/h3-10,12,17H,11H2,1-2H3,(H,20,22)(H,21,23). The molecule has 1 unspecified atom stereocenters. The number of hydrogen-bond donors (Lipinski definition) is 2. The van der Waals surface area contributed by atoms with Crippen molar-refractivity contribution in [1.29, 1.82) is 0 Å². The number of para-hydroxylation sites is 2. The van der Waals surface area contributed by atoms with Crippen molar-refractivity contribution >= 4 is 23.2 Å². The lowest BCUT2D eigenvalue weighted by atomic mass is 10.2. The third-order valence-corrected chi connectivity index (χ3v) is 3.75. The van der Waals surface area contributed by atoms with Gasteiger partial charge in [0.15, 0.2) is 11.5 Å². The van der Waals surface area contributed by atoms with Gasteiger partial charge >= 0.3 is 0 Å². The van der Waals surface area contributed by atoms with E-state index >= 15 is 0 Å². The Morgan fingerprint density at radius 3 is 2.20 bits per heavy atom. The normalized spacial score (nSPS) is 15.6. The summed E-state index contributed by atoms with van der Waals surface area (Å²) in [6.45, 7) is 3.81. The van der Waals surface area contributed by atoms with Gasteiger partial charge in [0.2, 0.25) is 12.0 Å². The number of nitrogens with one attached hydrogen (secondary N) is 2. The number of ether oxygens (including phenoxy) is 2. The fourth-order valence-electron chi connectivity index (χ4n) is 2.29. The molecule has 2 N–H and O–H groups in total. The van der Waals surface area contributed by atoms with E-state index in [0.717, 1.165) is 0 Å². The molecule has 130 valence electrons. The number of fused-ring (bicyclic) bond motifs is 1. The third kappa shape index (κ3) is 4.09. The molecular weight excluding hydrogens is 320 g/mol.